The van der Waals surface area contributed by atoms with Gasteiger partial charge in [-0.05, 0) is 23.6 Å². The van der Waals surface area contributed by atoms with Gasteiger partial charge in [0, 0.05) is 12.6 Å². The summed E-state index contributed by atoms with van der Waals surface area (Å²) in [7, 11) is 0. The number of amides is 1. The maximum atomic E-state index is 12.2. The van der Waals surface area contributed by atoms with Crippen LogP contribution in [0.3, 0.4) is 0 Å². The molecule has 0 heterocycles. The van der Waals surface area contributed by atoms with E-state index in [9.17, 15) is 4.79 Å². The fraction of sp³-hybridized carbons (Fsp3) is 0.278. The van der Waals surface area contributed by atoms with Crippen LogP contribution in [0.15, 0.2) is 48.5 Å². The molecule has 1 amide bonds. The molecule has 2 atom stereocenters. The smallest absolute Gasteiger partial charge is 0.224 e. The van der Waals surface area contributed by atoms with Gasteiger partial charge in [-0.1, -0.05) is 72.6 Å². The van der Waals surface area contributed by atoms with E-state index in [1.165, 1.54) is 0 Å². The fourth-order valence-corrected chi connectivity index (χ4v) is 2.76. The zero-order valence-corrected chi connectivity index (χ0v) is 15.7. The molecule has 0 spiro atoms. The second-order valence-electron chi connectivity index (χ2n) is 5.48. The molecular weight excluding hydrogens is 367 g/mol. The standard InChI is InChI=1S/C18H20Cl2N2O.ClH/c1-12(17(21)14-6-3-2-4-7-14)18(23)22-11-10-13-8-5-9-15(19)16(13)20;/h2-9,12,17H,10-11,21H2,1H3,(H,22,23);1H. The van der Waals surface area contributed by atoms with Gasteiger partial charge in [0.15, 0.2) is 0 Å². The van der Waals surface area contributed by atoms with Crippen LogP contribution in [0.25, 0.3) is 0 Å². The van der Waals surface area contributed by atoms with Gasteiger partial charge in [-0.15, -0.1) is 12.4 Å². The summed E-state index contributed by atoms with van der Waals surface area (Å²) in [5.74, 6) is -0.383. The average molecular weight is 388 g/mol. The van der Waals surface area contributed by atoms with Crippen molar-refractivity contribution >= 4 is 41.5 Å². The first-order valence-electron chi connectivity index (χ1n) is 7.52. The van der Waals surface area contributed by atoms with Crippen molar-refractivity contribution in [3.63, 3.8) is 0 Å². The zero-order valence-electron chi connectivity index (χ0n) is 13.3. The Morgan fingerprint density at radius 2 is 1.79 bits per heavy atom. The number of carbonyl (C=O) groups is 1. The lowest BCUT2D eigenvalue weighted by atomic mass is 9.94. The normalized spacial score (nSPS) is 12.8. The zero-order chi connectivity index (χ0) is 16.8. The van der Waals surface area contributed by atoms with Crippen LogP contribution in [-0.4, -0.2) is 12.5 Å². The van der Waals surface area contributed by atoms with Crippen molar-refractivity contribution < 1.29 is 4.79 Å². The molecule has 2 rings (SSSR count). The van der Waals surface area contributed by atoms with Gasteiger partial charge in [0.2, 0.25) is 5.91 Å². The largest absolute Gasteiger partial charge is 0.355 e. The van der Waals surface area contributed by atoms with Crippen LogP contribution >= 0.6 is 35.6 Å². The van der Waals surface area contributed by atoms with Gasteiger partial charge in [0.05, 0.1) is 16.0 Å². The molecule has 3 N–H and O–H groups in total. The van der Waals surface area contributed by atoms with Gasteiger partial charge in [-0.2, -0.15) is 0 Å². The Bertz CT molecular complexity index is 665. The van der Waals surface area contributed by atoms with Gasteiger partial charge in [-0.25, -0.2) is 0 Å². The van der Waals surface area contributed by atoms with Gasteiger partial charge >= 0.3 is 0 Å². The van der Waals surface area contributed by atoms with Crippen molar-refractivity contribution in [3.05, 3.63) is 69.7 Å². The van der Waals surface area contributed by atoms with E-state index in [2.05, 4.69) is 5.32 Å². The second kappa shape index (κ2) is 9.90. The van der Waals surface area contributed by atoms with Crippen molar-refractivity contribution in [1.82, 2.24) is 5.32 Å². The van der Waals surface area contributed by atoms with E-state index in [4.69, 9.17) is 28.9 Å². The van der Waals surface area contributed by atoms with Gasteiger partial charge in [0.25, 0.3) is 0 Å². The predicted molar refractivity (Wildman–Crippen MR) is 103 cm³/mol. The fourth-order valence-electron chi connectivity index (χ4n) is 2.35. The highest BCUT2D eigenvalue weighted by atomic mass is 35.5. The summed E-state index contributed by atoms with van der Waals surface area (Å²) in [6.45, 7) is 2.32. The Morgan fingerprint density at radius 3 is 2.46 bits per heavy atom. The summed E-state index contributed by atoms with van der Waals surface area (Å²) in [5, 5.41) is 3.97. The number of hydrogen-bond acceptors (Lipinski definition) is 2. The third-order valence-electron chi connectivity index (χ3n) is 3.86. The molecule has 0 saturated carbocycles. The molecule has 0 saturated heterocycles. The van der Waals surface area contributed by atoms with Crippen molar-refractivity contribution in [2.45, 2.75) is 19.4 Å². The van der Waals surface area contributed by atoms with Crippen LogP contribution in [-0.2, 0) is 11.2 Å². The second-order valence-corrected chi connectivity index (χ2v) is 6.26. The quantitative estimate of drug-likeness (QED) is 0.771. The highest BCUT2D eigenvalue weighted by Crippen LogP contribution is 2.25. The predicted octanol–water partition coefficient (Wildman–Crippen LogP) is 4.41. The van der Waals surface area contributed by atoms with E-state index in [-0.39, 0.29) is 30.3 Å². The molecule has 0 radical (unpaired) electrons. The van der Waals surface area contributed by atoms with Crippen LogP contribution in [0.5, 0.6) is 0 Å². The topological polar surface area (TPSA) is 55.1 Å². The van der Waals surface area contributed by atoms with E-state index in [0.29, 0.717) is 23.0 Å². The van der Waals surface area contributed by atoms with Crippen molar-refractivity contribution in [2.24, 2.45) is 11.7 Å². The monoisotopic (exact) mass is 386 g/mol. The molecule has 0 aliphatic rings. The van der Waals surface area contributed by atoms with Gasteiger partial charge < -0.3 is 11.1 Å². The molecule has 0 fully saturated rings. The molecule has 6 heteroatoms. The first-order valence-corrected chi connectivity index (χ1v) is 8.27. The van der Waals surface area contributed by atoms with Crippen molar-refractivity contribution in [2.75, 3.05) is 6.54 Å². The van der Waals surface area contributed by atoms with E-state index >= 15 is 0 Å². The molecule has 0 bridgehead atoms. The Hall–Kier alpha value is -1.26. The number of rotatable bonds is 6. The summed E-state index contributed by atoms with van der Waals surface area (Å²) in [6, 6.07) is 14.8. The van der Waals surface area contributed by atoms with E-state index in [0.717, 1.165) is 11.1 Å². The molecular formula is C18H21Cl3N2O. The molecule has 130 valence electrons. The molecule has 3 nitrogen and oxygen atoms in total. The highest BCUT2D eigenvalue weighted by molar-refractivity contribution is 6.42. The summed E-state index contributed by atoms with van der Waals surface area (Å²) >= 11 is 12.1. The number of carbonyl (C=O) groups excluding carboxylic acids is 1. The number of benzene rings is 2. The summed E-state index contributed by atoms with van der Waals surface area (Å²) in [4.78, 5) is 12.2. The Kier molecular flexibility index (Phi) is 8.57. The van der Waals surface area contributed by atoms with Crippen molar-refractivity contribution in [1.29, 1.82) is 0 Å². The van der Waals surface area contributed by atoms with E-state index < -0.39 is 0 Å². The summed E-state index contributed by atoms with van der Waals surface area (Å²) in [6.07, 6.45) is 0.623. The van der Waals surface area contributed by atoms with Crippen LogP contribution in [0.1, 0.15) is 24.1 Å². The molecule has 0 aromatic heterocycles. The molecule has 0 aliphatic carbocycles. The minimum absolute atomic E-state index is 0. The highest BCUT2D eigenvalue weighted by Gasteiger charge is 2.21. The van der Waals surface area contributed by atoms with Crippen LogP contribution in [0.4, 0.5) is 0 Å². The van der Waals surface area contributed by atoms with Gasteiger partial charge in [0.1, 0.15) is 0 Å². The Morgan fingerprint density at radius 1 is 1.12 bits per heavy atom. The van der Waals surface area contributed by atoms with Crippen LogP contribution in [0, 0.1) is 5.92 Å². The van der Waals surface area contributed by atoms with Crippen molar-refractivity contribution in [3.8, 4) is 0 Å². The Labute approximate surface area is 158 Å². The summed E-state index contributed by atoms with van der Waals surface area (Å²) in [5.41, 5.74) is 8.03. The first kappa shape index (κ1) is 20.8. The number of nitrogens with two attached hydrogens (primary N) is 1. The van der Waals surface area contributed by atoms with Crippen LogP contribution < -0.4 is 11.1 Å². The minimum atomic E-state index is -0.328. The first-order chi connectivity index (χ1) is 11.0. The van der Waals surface area contributed by atoms with Gasteiger partial charge in [-0.3, -0.25) is 4.79 Å². The SMILES string of the molecule is CC(C(=O)NCCc1cccc(Cl)c1Cl)C(N)c1ccccc1.Cl. The third kappa shape index (κ3) is 5.38. The minimum Gasteiger partial charge on any atom is -0.355 e. The lowest BCUT2D eigenvalue weighted by Gasteiger charge is -2.20. The summed E-state index contributed by atoms with van der Waals surface area (Å²) < 4.78 is 0. The lowest BCUT2D eigenvalue weighted by molar-refractivity contribution is -0.125. The third-order valence-corrected chi connectivity index (χ3v) is 4.72. The number of hydrogen-bond donors (Lipinski definition) is 2. The van der Waals surface area contributed by atoms with E-state index in [1.807, 2.05) is 49.4 Å². The lowest BCUT2D eigenvalue weighted by Crippen LogP contribution is -2.36. The molecule has 2 aromatic rings. The maximum absolute atomic E-state index is 12.2. The Balaban J connectivity index is 0.00000288. The van der Waals surface area contributed by atoms with Crippen LogP contribution in [0.2, 0.25) is 10.0 Å². The average Bonchev–Trinajstić information content (AvgIpc) is 2.58. The molecule has 24 heavy (non-hydrogen) atoms. The molecule has 0 aliphatic heterocycles. The maximum Gasteiger partial charge on any atom is 0.224 e. The van der Waals surface area contributed by atoms with E-state index in [1.54, 1.807) is 6.07 Å². The number of nitrogens with one attached hydrogen (secondary N) is 1. The molecule has 2 unspecified atom stereocenters. The molecule has 2 aromatic carbocycles. The number of halogens is 3.